The van der Waals surface area contributed by atoms with Gasteiger partial charge in [-0.05, 0) is 54.2 Å². The Balaban J connectivity index is 1.20. The van der Waals surface area contributed by atoms with E-state index in [1.165, 1.54) is 10.1 Å². The summed E-state index contributed by atoms with van der Waals surface area (Å²) in [7, 11) is 0. The highest BCUT2D eigenvalue weighted by atomic mass is 35.5. The molecule has 2 aliphatic rings. The van der Waals surface area contributed by atoms with Gasteiger partial charge in [-0.3, -0.25) is 19.4 Å². The fourth-order valence-corrected chi connectivity index (χ4v) is 5.93. The van der Waals surface area contributed by atoms with Crippen LogP contribution in [0.4, 0.5) is 11.5 Å². The zero-order valence-corrected chi connectivity index (χ0v) is 21.6. The maximum absolute atomic E-state index is 12.7. The lowest BCUT2D eigenvalue weighted by molar-refractivity contribution is -0.148. The number of esters is 1. The van der Waals surface area contributed by atoms with Crippen LogP contribution in [0.25, 0.3) is 10.1 Å². The quantitative estimate of drug-likeness (QED) is 0.434. The minimum Gasteiger partial charge on any atom is -0.441 e. The SMILES string of the molecule is CCC(=O)OC(C)N1C(=O)Cc2cc(CCN3CCN(c4nsc5ccccc45)CC3)c(Cl)cc21. The van der Waals surface area contributed by atoms with E-state index in [-0.39, 0.29) is 18.3 Å². The molecular weight excluding hydrogens is 484 g/mol. The highest BCUT2D eigenvalue weighted by Crippen LogP contribution is 2.36. The van der Waals surface area contributed by atoms with Gasteiger partial charge in [0.25, 0.3) is 0 Å². The zero-order chi connectivity index (χ0) is 24.5. The highest BCUT2D eigenvalue weighted by molar-refractivity contribution is 7.13. The number of anilines is 2. The number of fused-ring (bicyclic) bond motifs is 2. The van der Waals surface area contributed by atoms with Crippen LogP contribution in [0.3, 0.4) is 0 Å². The van der Waals surface area contributed by atoms with Crippen LogP contribution in [0, 0.1) is 0 Å². The van der Waals surface area contributed by atoms with E-state index in [1.54, 1.807) is 30.3 Å². The van der Waals surface area contributed by atoms with Gasteiger partial charge in [0.1, 0.15) is 5.82 Å². The number of benzene rings is 2. The molecule has 0 bridgehead atoms. The summed E-state index contributed by atoms with van der Waals surface area (Å²) in [6.07, 6.45) is 0.742. The number of carbonyl (C=O) groups is 2. The first kappa shape index (κ1) is 24.0. The number of nitrogens with zero attached hydrogens (tertiary/aromatic N) is 4. The standard InChI is InChI=1S/C26H29ClN4O3S/c1-3-25(33)34-17(2)31-22-16-21(27)18(14-19(22)15-24(31)32)8-9-29-10-12-30(13-11-29)26-20-6-4-5-7-23(20)35-28-26/h4-7,14,16-17H,3,8-13,15H2,1-2H3. The lowest BCUT2D eigenvalue weighted by Crippen LogP contribution is -2.47. The normalized spacial score (nSPS) is 17.2. The largest absolute Gasteiger partial charge is 0.441 e. The molecular formula is C26H29ClN4O3S. The van der Waals surface area contributed by atoms with E-state index >= 15 is 0 Å². The minimum atomic E-state index is -0.649. The second-order valence-electron chi connectivity index (χ2n) is 9.04. The van der Waals surface area contributed by atoms with Crippen molar-refractivity contribution in [3.63, 3.8) is 0 Å². The molecule has 0 spiro atoms. The van der Waals surface area contributed by atoms with Crippen molar-refractivity contribution < 1.29 is 14.3 Å². The Labute approximate surface area is 214 Å². The lowest BCUT2D eigenvalue weighted by Gasteiger charge is -2.35. The molecule has 5 rings (SSSR count). The van der Waals surface area contributed by atoms with Crippen LogP contribution >= 0.6 is 23.1 Å². The van der Waals surface area contributed by atoms with Gasteiger partial charge in [-0.15, -0.1) is 0 Å². The number of ether oxygens (including phenoxy) is 1. The molecule has 35 heavy (non-hydrogen) atoms. The number of aromatic nitrogens is 1. The molecule has 1 fully saturated rings. The second kappa shape index (κ2) is 10.1. The Morgan fingerprint density at radius 3 is 2.74 bits per heavy atom. The zero-order valence-electron chi connectivity index (χ0n) is 20.0. The third-order valence-electron chi connectivity index (χ3n) is 6.80. The van der Waals surface area contributed by atoms with Crippen LogP contribution < -0.4 is 9.80 Å². The van der Waals surface area contributed by atoms with Gasteiger partial charge in [-0.1, -0.05) is 36.7 Å². The van der Waals surface area contributed by atoms with Gasteiger partial charge >= 0.3 is 5.97 Å². The number of hydrogen-bond acceptors (Lipinski definition) is 7. The van der Waals surface area contributed by atoms with Crippen molar-refractivity contribution in [2.45, 2.75) is 39.3 Å². The molecule has 0 N–H and O–H groups in total. The molecule has 1 amide bonds. The number of amides is 1. The summed E-state index contributed by atoms with van der Waals surface area (Å²) in [5, 5.41) is 1.88. The summed E-state index contributed by atoms with van der Waals surface area (Å²) >= 11 is 8.20. The molecule has 3 aromatic rings. The van der Waals surface area contributed by atoms with Gasteiger partial charge in [-0.2, -0.15) is 4.37 Å². The summed E-state index contributed by atoms with van der Waals surface area (Å²) in [4.78, 5) is 30.7. The van der Waals surface area contributed by atoms with E-state index < -0.39 is 6.23 Å². The monoisotopic (exact) mass is 512 g/mol. The maximum atomic E-state index is 12.7. The predicted molar refractivity (Wildman–Crippen MR) is 140 cm³/mol. The molecule has 1 aromatic heterocycles. The summed E-state index contributed by atoms with van der Waals surface area (Å²) < 4.78 is 11.3. The van der Waals surface area contributed by atoms with Gasteiger partial charge in [0.15, 0.2) is 6.23 Å². The Morgan fingerprint density at radius 2 is 1.97 bits per heavy atom. The number of hydrogen-bond donors (Lipinski definition) is 0. The van der Waals surface area contributed by atoms with Crippen molar-refractivity contribution in [3.05, 3.63) is 52.5 Å². The topological polar surface area (TPSA) is 66.0 Å². The van der Waals surface area contributed by atoms with Crippen LogP contribution in [0.1, 0.15) is 31.4 Å². The average molecular weight is 513 g/mol. The van der Waals surface area contributed by atoms with Crippen molar-refractivity contribution in [3.8, 4) is 0 Å². The van der Waals surface area contributed by atoms with Gasteiger partial charge in [-0.25, -0.2) is 0 Å². The summed E-state index contributed by atoms with van der Waals surface area (Å²) in [5.74, 6) is 0.694. The van der Waals surface area contributed by atoms with Crippen molar-refractivity contribution in [2.75, 3.05) is 42.5 Å². The van der Waals surface area contributed by atoms with Crippen LogP contribution in [-0.4, -0.2) is 60.1 Å². The molecule has 2 aliphatic heterocycles. The van der Waals surface area contributed by atoms with E-state index in [2.05, 4.69) is 34.1 Å². The molecule has 1 unspecified atom stereocenters. The van der Waals surface area contributed by atoms with Crippen LogP contribution in [-0.2, 0) is 27.2 Å². The Kier molecular flexibility index (Phi) is 6.95. The van der Waals surface area contributed by atoms with Crippen molar-refractivity contribution in [2.24, 2.45) is 0 Å². The summed E-state index contributed by atoms with van der Waals surface area (Å²) in [6, 6.07) is 12.3. The van der Waals surface area contributed by atoms with E-state index in [0.29, 0.717) is 11.4 Å². The predicted octanol–water partition coefficient (Wildman–Crippen LogP) is 4.50. The van der Waals surface area contributed by atoms with E-state index in [4.69, 9.17) is 20.7 Å². The molecule has 1 atom stereocenters. The Hall–Kier alpha value is -2.68. The fourth-order valence-electron chi connectivity index (χ4n) is 4.89. The summed E-state index contributed by atoms with van der Waals surface area (Å²) in [5.41, 5.74) is 2.73. The average Bonchev–Trinajstić information content (AvgIpc) is 3.43. The third kappa shape index (κ3) is 4.87. The number of piperazine rings is 1. The lowest BCUT2D eigenvalue weighted by atomic mass is 10.1. The molecule has 9 heteroatoms. The minimum absolute atomic E-state index is 0.0738. The molecule has 0 aliphatic carbocycles. The number of carbonyl (C=O) groups excluding carboxylic acids is 2. The Bertz CT molecular complexity index is 1250. The third-order valence-corrected chi connectivity index (χ3v) is 7.97. The van der Waals surface area contributed by atoms with Crippen molar-refractivity contribution >= 4 is 56.6 Å². The fraction of sp³-hybridized carbons (Fsp3) is 0.423. The number of rotatable bonds is 7. The molecule has 0 radical (unpaired) electrons. The molecule has 1 saturated heterocycles. The van der Waals surface area contributed by atoms with Gasteiger partial charge in [0, 0.05) is 49.6 Å². The van der Waals surface area contributed by atoms with Crippen molar-refractivity contribution in [1.29, 1.82) is 0 Å². The maximum Gasteiger partial charge on any atom is 0.307 e. The molecule has 184 valence electrons. The molecule has 0 saturated carbocycles. The molecule has 7 nitrogen and oxygen atoms in total. The second-order valence-corrected chi connectivity index (χ2v) is 10.2. The van der Waals surface area contributed by atoms with Gasteiger partial charge in [0.2, 0.25) is 5.91 Å². The smallest absolute Gasteiger partial charge is 0.307 e. The van der Waals surface area contributed by atoms with Crippen molar-refractivity contribution in [1.82, 2.24) is 9.27 Å². The first-order valence-electron chi connectivity index (χ1n) is 12.1. The van der Waals surface area contributed by atoms with E-state index in [0.717, 1.165) is 61.8 Å². The van der Waals surface area contributed by atoms with Gasteiger partial charge in [0.05, 0.1) is 16.8 Å². The van der Waals surface area contributed by atoms with E-state index in [9.17, 15) is 9.59 Å². The summed E-state index contributed by atoms with van der Waals surface area (Å²) in [6.45, 7) is 8.20. The van der Waals surface area contributed by atoms with Crippen LogP contribution in [0.15, 0.2) is 36.4 Å². The first-order chi connectivity index (χ1) is 16.9. The molecule has 3 heterocycles. The molecule has 2 aromatic carbocycles. The first-order valence-corrected chi connectivity index (χ1v) is 13.2. The van der Waals surface area contributed by atoms with Crippen LogP contribution in [0.5, 0.6) is 0 Å². The van der Waals surface area contributed by atoms with Crippen LogP contribution in [0.2, 0.25) is 5.02 Å². The number of halogens is 1. The van der Waals surface area contributed by atoms with E-state index in [1.807, 2.05) is 12.1 Å². The Morgan fingerprint density at radius 1 is 1.20 bits per heavy atom. The van der Waals surface area contributed by atoms with Gasteiger partial charge < -0.3 is 9.64 Å². The highest BCUT2D eigenvalue weighted by Gasteiger charge is 2.33.